The number of halogens is 2. The molecule has 0 bridgehead atoms. The number of nitrogens with zero attached hydrogens (tertiary/aromatic N) is 2. The van der Waals surface area contributed by atoms with E-state index in [0.29, 0.717) is 23.2 Å². The maximum atomic E-state index is 13.0. The highest BCUT2D eigenvalue weighted by Crippen LogP contribution is 2.39. The molecular weight excluding hydrogens is 293 g/mol. The molecule has 2 N–H and O–H groups in total. The highest BCUT2D eigenvalue weighted by Gasteiger charge is 2.42. The number of hydrogen-bond acceptors (Lipinski definition) is 4. The molecule has 6 heteroatoms. The zero-order valence-electron chi connectivity index (χ0n) is 11.8. The molecule has 1 saturated carbocycles. The van der Waals surface area contributed by atoms with Crippen molar-refractivity contribution in [2.24, 2.45) is 5.73 Å². The van der Waals surface area contributed by atoms with Crippen molar-refractivity contribution >= 4 is 11.6 Å². The van der Waals surface area contributed by atoms with E-state index in [1.54, 1.807) is 6.07 Å². The maximum Gasteiger partial charge on any atom is 0.234 e. The Bertz CT molecular complexity index is 660. The SMILES string of the molecule is CC1(c2nc(Cc3ccc(F)cc3Cl)no2)CCCC1N. The van der Waals surface area contributed by atoms with Crippen molar-refractivity contribution in [1.82, 2.24) is 10.1 Å². The summed E-state index contributed by atoms with van der Waals surface area (Å²) in [5.41, 5.74) is 6.67. The van der Waals surface area contributed by atoms with Gasteiger partial charge in [-0.05, 0) is 37.5 Å². The standard InChI is InChI=1S/C15H17ClFN3O/c1-15(6-2-3-12(15)18)14-19-13(20-21-14)7-9-4-5-10(17)8-11(9)16/h4-5,8,12H,2-3,6-7,18H2,1H3. The summed E-state index contributed by atoms with van der Waals surface area (Å²) in [6.45, 7) is 2.06. The normalized spacial score (nSPS) is 25.4. The highest BCUT2D eigenvalue weighted by molar-refractivity contribution is 6.31. The smallest absolute Gasteiger partial charge is 0.234 e. The molecule has 1 fully saturated rings. The first kappa shape index (κ1) is 14.5. The molecule has 0 radical (unpaired) electrons. The van der Waals surface area contributed by atoms with Crippen LogP contribution in [-0.4, -0.2) is 16.2 Å². The van der Waals surface area contributed by atoms with Gasteiger partial charge in [0.2, 0.25) is 5.89 Å². The van der Waals surface area contributed by atoms with Gasteiger partial charge in [-0.15, -0.1) is 0 Å². The molecular formula is C15H17ClFN3O. The first-order valence-corrected chi connectivity index (χ1v) is 7.39. The summed E-state index contributed by atoms with van der Waals surface area (Å²) in [5, 5.41) is 4.37. The molecule has 2 atom stereocenters. The predicted octanol–water partition coefficient (Wildman–Crippen LogP) is 3.22. The number of benzene rings is 1. The molecule has 2 unspecified atom stereocenters. The lowest BCUT2D eigenvalue weighted by Crippen LogP contribution is -2.38. The molecule has 1 aromatic heterocycles. The minimum Gasteiger partial charge on any atom is -0.339 e. The summed E-state index contributed by atoms with van der Waals surface area (Å²) in [7, 11) is 0. The van der Waals surface area contributed by atoms with E-state index in [4.69, 9.17) is 21.9 Å². The number of aromatic nitrogens is 2. The molecule has 3 rings (SSSR count). The van der Waals surface area contributed by atoms with Crippen LogP contribution in [0.4, 0.5) is 4.39 Å². The van der Waals surface area contributed by atoms with Crippen molar-refractivity contribution in [3.05, 3.63) is 46.3 Å². The van der Waals surface area contributed by atoms with Gasteiger partial charge in [0.15, 0.2) is 5.82 Å². The zero-order valence-corrected chi connectivity index (χ0v) is 12.5. The average molecular weight is 310 g/mol. The minimum absolute atomic E-state index is 0.0419. The van der Waals surface area contributed by atoms with E-state index in [1.807, 2.05) is 0 Å². The Hall–Kier alpha value is -1.46. The maximum absolute atomic E-state index is 13.0. The van der Waals surface area contributed by atoms with E-state index in [0.717, 1.165) is 24.8 Å². The summed E-state index contributed by atoms with van der Waals surface area (Å²) < 4.78 is 18.4. The van der Waals surface area contributed by atoms with Crippen LogP contribution in [0.5, 0.6) is 0 Å². The molecule has 1 aliphatic carbocycles. The van der Waals surface area contributed by atoms with Gasteiger partial charge in [-0.1, -0.05) is 29.2 Å². The molecule has 21 heavy (non-hydrogen) atoms. The molecule has 0 spiro atoms. The van der Waals surface area contributed by atoms with E-state index < -0.39 is 0 Å². The molecule has 0 aliphatic heterocycles. The third kappa shape index (κ3) is 2.68. The van der Waals surface area contributed by atoms with Gasteiger partial charge in [0, 0.05) is 17.5 Å². The lowest BCUT2D eigenvalue weighted by Gasteiger charge is -2.23. The van der Waals surface area contributed by atoms with E-state index in [-0.39, 0.29) is 17.3 Å². The summed E-state index contributed by atoms with van der Waals surface area (Å²) in [5.74, 6) is 0.765. The second-order valence-corrected chi connectivity index (χ2v) is 6.25. The zero-order chi connectivity index (χ0) is 15.0. The van der Waals surface area contributed by atoms with Crippen molar-refractivity contribution in [3.8, 4) is 0 Å². The van der Waals surface area contributed by atoms with Crippen LogP contribution in [0.25, 0.3) is 0 Å². The van der Waals surface area contributed by atoms with Crippen LogP contribution < -0.4 is 5.73 Å². The summed E-state index contributed by atoms with van der Waals surface area (Å²) >= 11 is 6.02. The van der Waals surface area contributed by atoms with Gasteiger partial charge < -0.3 is 10.3 Å². The van der Waals surface area contributed by atoms with Gasteiger partial charge in [0.1, 0.15) is 5.82 Å². The van der Waals surface area contributed by atoms with Crippen LogP contribution in [0, 0.1) is 5.82 Å². The Morgan fingerprint density at radius 2 is 2.33 bits per heavy atom. The van der Waals surface area contributed by atoms with Crippen molar-refractivity contribution in [1.29, 1.82) is 0 Å². The topological polar surface area (TPSA) is 64.9 Å². The Morgan fingerprint density at radius 3 is 3.00 bits per heavy atom. The Balaban J connectivity index is 1.82. The van der Waals surface area contributed by atoms with Crippen LogP contribution in [-0.2, 0) is 11.8 Å². The third-order valence-corrected chi connectivity index (χ3v) is 4.70. The quantitative estimate of drug-likeness (QED) is 0.945. The van der Waals surface area contributed by atoms with Crippen LogP contribution in [0.1, 0.15) is 43.5 Å². The molecule has 4 nitrogen and oxygen atoms in total. The Morgan fingerprint density at radius 1 is 1.52 bits per heavy atom. The highest BCUT2D eigenvalue weighted by atomic mass is 35.5. The number of hydrogen-bond donors (Lipinski definition) is 1. The average Bonchev–Trinajstić information content (AvgIpc) is 3.02. The summed E-state index contributed by atoms with van der Waals surface area (Å²) in [6.07, 6.45) is 3.40. The fourth-order valence-electron chi connectivity index (χ4n) is 2.85. The van der Waals surface area contributed by atoms with Gasteiger partial charge in [0.25, 0.3) is 0 Å². The minimum atomic E-state index is -0.359. The second kappa shape index (κ2) is 5.39. The second-order valence-electron chi connectivity index (χ2n) is 5.84. The van der Waals surface area contributed by atoms with Crippen molar-refractivity contribution in [3.63, 3.8) is 0 Å². The van der Waals surface area contributed by atoms with Gasteiger partial charge in [-0.3, -0.25) is 0 Å². The number of rotatable bonds is 3. The first-order chi connectivity index (χ1) is 9.99. The van der Waals surface area contributed by atoms with Crippen LogP contribution in [0.3, 0.4) is 0 Å². The molecule has 0 amide bonds. The van der Waals surface area contributed by atoms with Crippen molar-refractivity contribution in [2.45, 2.75) is 44.1 Å². The Kier molecular flexibility index (Phi) is 3.71. The summed E-state index contributed by atoms with van der Waals surface area (Å²) in [4.78, 5) is 4.46. The Labute approximate surface area is 127 Å². The molecule has 1 heterocycles. The molecule has 2 aromatic rings. The van der Waals surface area contributed by atoms with Crippen LogP contribution in [0.15, 0.2) is 22.7 Å². The number of nitrogens with two attached hydrogens (primary N) is 1. The molecule has 1 aliphatic rings. The van der Waals surface area contributed by atoms with Crippen molar-refractivity contribution < 1.29 is 8.91 Å². The van der Waals surface area contributed by atoms with Gasteiger partial charge in [0.05, 0.1) is 5.41 Å². The predicted molar refractivity (Wildman–Crippen MR) is 77.7 cm³/mol. The van der Waals surface area contributed by atoms with E-state index >= 15 is 0 Å². The van der Waals surface area contributed by atoms with E-state index in [2.05, 4.69) is 17.1 Å². The fourth-order valence-corrected chi connectivity index (χ4v) is 3.09. The van der Waals surface area contributed by atoms with E-state index in [9.17, 15) is 4.39 Å². The van der Waals surface area contributed by atoms with E-state index in [1.165, 1.54) is 12.1 Å². The lowest BCUT2D eigenvalue weighted by atomic mass is 9.85. The van der Waals surface area contributed by atoms with Gasteiger partial charge >= 0.3 is 0 Å². The third-order valence-electron chi connectivity index (χ3n) is 4.35. The van der Waals surface area contributed by atoms with Crippen LogP contribution >= 0.6 is 11.6 Å². The summed E-state index contributed by atoms with van der Waals surface area (Å²) in [6, 6.07) is 4.33. The van der Waals surface area contributed by atoms with Crippen LogP contribution in [0.2, 0.25) is 5.02 Å². The molecule has 0 saturated heterocycles. The van der Waals surface area contributed by atoms with Gasteiger partial charge in [-0.2, -0.15) is 4.98 Å². The first-order valence-electron chi connectivity index (χ1n) is 7.01. The van der Waals surface area contributed by atoms with Gasteiger partial charge in [-0.25, -0.2) is 4.39 Å². The largest absolute Gasteiger partial charge is 0.339 e. The lowest BCUT2D eigenvalue weighted by molar-refractivity contribution is 0.276. The fraction of sp³-hybridized carbons (Fsp3) is 0.467. The van der Waals surface area contributed by atoms with Crippen molar-refractivity contribution in [2.75, 3.05) is 0 Å². The molecule has 1 aromatic carbocycles. The molecule has 112 valence electrons. The monoisotopic (exact) mass is 309 g/mol.